The van der Waals surface area contributed by atoms with E-state index >= 15 is 0 Å². The lowest BCUT2D eigenvalue weighted by Gasteiger charge is -2.20. The highest BCUT2D eigenvalue weighted by Gasteiger charge is 2.37. The first-order valence-corrected chi connectivity index (χ1v) is 6.71. The van der Waals surface area contributed by atoms with Gasteiger partial charge in [0, 0.05) is 6.04 Å². The first-order chi connectivity index (χ1) is 9.68. The van der Waals surface area contributed by atoms with Crippen LogP contribution in [0.3, 0.4) is 0 Å². The molecule has 1 nitrogen and oxygen atoms in total. The Morgan fingerprint density at radius 3 is 1.90 bits per heavy atom. The number of rotatable bonds is 1. The third kappa shape index (κ3) is 4.12. The van der Waals surface area contributed by atoms with Crippen molar-refractivity contribution < 1.29 is 26.3 Å². The van der Waals surface area contributed by atoms with Gasteiger partial charge >= 0.3 is 12.4 Å². The maximum absolute atomic E-state index is 12.8. The molecule has 0 aliphatic carbocycles. The van der Waals surface area contributed by atoms with Crippen LogP contribution < -0.4 is 5.32 Å². The van der Waals surface area contributed by atoms with Crippen molar-refractivity contribution in [3.63, 3.8) is 0 Å². The molecule has 7 heteroatoms. The summed E-state index contributed by atoms with van der Waals surface area (Å²) in [5.41, 5.74) is -2.45. The highest BCUT2D eigenvalue weighted by molar-refractivity contribution is 5.35. The van der Waals surface area contributed by atoms with Gasteiger partial charge in [-0.3, -0.25) is 0 Å². The molecule has 1 atom stereocenters. The lowest BCUT2D eigenvalue weighted by Crippen LogP contribution is -2.22. The highest BCUT2D eigenvalue weighted by atomic mass is 19.4. The molecule has 0 amide bonds. The molecule has 1 saturated heterocycles. The van der Waals surface area contributed by atoms with Crippen molar-refractivity contribution >= 4 is 0 Å². The number of hydrogen-bond acceptors (Lipinski definition) is 1. The van der Waals surface area contributed by atoms with Gasteiger partial charge in [0.05, 0.1) is 11.1 Å². The Hall–Kier alpha value is -1.24. The van der Waals surface area contributed by atoms with Crippen LogP contribution in [0.25, 0.3) is 0 Å². The third-order valence-electron chi connectivity index (χ3n) is 3.57. The van der Waals surface area contributed by atoms with Crippen LogP contribution in [0.5, 0.6) is 0 Å². The van der Waals surface area contributed by atoms with Crippen LogP contribution in [0, 0.1) is 0 Å². The molecule has 118 valence electrons. The summed E-state index contributed by atoms with van der Waals surface area (Å²) < 4.78 is 76.8. The molecule has 0 bridgehead atoms. The minimum absolute atomic E-state index is 0.0547. The molecule has 1 aromatic carbocycles. The first kappa shape index (κ1) is 16.1. The lowest BCUT2D eigenvalue weighted by molar-refractivity contribution is -0.143. The minimum Gasteiger partial charge on any atom is -0.310 e. The number of benzene rings is 1. The van der Waals surface area contributed by atoms with Gasteiger partial charge < -0.3 is 5.32 Å². The summed E-state index contributed by atoms with van der Waals surface area (Å²) in [6.45, 7) is 0.599. The van der Waals surface area contributed by atoms with Crippen LogP contribution in [-0.2, 0) is 12.4 Å². The second kappa shape index (κ2) is 5.87. The van der Waals surface area contributed by atoms with Crippen LogP contribution in [-0.4, -0.2) is 6.54 Å². The topological polar surface area (TPSA) is 12.0 Å². The number of halogens is 6. The summed E-state index contributed by atoms with van der Waals surface area (Å²) in [6, 6.07) is 1.34. The van der Waals surface area contributed by atoms with Gasteiger partial charge in [0.2, 0.25) is 0 Å². The van der Waals surface area contributed by atoms with Gasteiger partial charge in [-0.2, -0.15) is 26.3 Å². The van der Waals surface area contributed by atoms with Gasteiger partial charge in [-0.05, 0) is 43.1 Å². The van der Waals surface area contributed by atoms with Gasteiger partial charge in [0.25, 0.3) is 0 Å². The fourth-order valence-corrected chi connectivity index (χ4v) is 2.49. The molecular weight excluding hydrogens is 296 g/mol. The van der Waals surface area contributed by atoms with Crippen molar-refractivity contribution in [3.8, 4) is 0 Å². The smallest absolute Gasteiger partial charge is 0.310 e. The standard InChI is InChI=1S/C14H15F6N/c15-13(16,17)10-6-9(7-11(8-10)14(18,19)20)12-4-2-1-3-5-21-12/h6-8,12,21H,1-5H2. The molecule has 21 heavy (non-hydrogen) atoms. The largest absolute Gasteiger partial charge is 0.416 e. The van der Waals surface area contributed by atoms with Crippen molar-refractivity contribution in [2.75, 3.05) is 6.54 Å². The van der Waals surface area contributed by atoms with E-state index in [0.717, 1.165) is 31.4 Å². The van der Waals surface area contributed by atoms with E-state index in [2.05, 4.69) is 5.32 Å². The third-order valence-corrected chi connectivity index (χ3v) is 3.57. The molecule has 1 N–H and O–H groups in total. The zero-order chi connectivity index (χ0) is 15.7. The SMILES string of the molecule is FC(F)(F)c1cc(C2CCCCCN2)cc(C(F)(F)F)c1. The Kier molecular flexibility index (Phi) is 4.51. The molecule has 1 unspecified atom stereocenters. The Balaban J connectivity index is 2.44. The summed E-state index contributed by atoms with van der Waals surface area (Å²) >= 11 is 0. The fraction of sp³-hybridized carbons (Fsp3) is 0.571. The van der Waals surface area contributed by atoms with Crippen LogP contribution >= 0.6 is 0 Å². The Bertz CT molecular complexity index is 451. The van der Waals surface area contributed by atoms with Crippen molar-refractivity contribution in [1.29, 1.82) is 0 Å². The van der Waals surface area contributed by atoms with Crippen LogP contribution in [0.1, 0.15) is 48.4 Å². The van der Waals surface area contributed by atoms with E-state index < -0.39 is 29.5 Å². The second-order valence-corrected chi connectivity index (χ2v) is 5.20. The van der Waals surface area contributed by atoms with Gasteiger partial charge in [0.1, 0.15) is 0 Å². The maximum atomic E-state index is 12.8. The van der Waals surface area contributed by atoms with E-state index in [9.17, 15) is 26.3 Å². The van der Waals surface area contributed by atoms with Crippen molar-refractivity contribution in [3.05, 3.63) is 34.9 Å². The molecule has 0 aromatic heterocycles. The van der Waals surface area contributed by atoms with E-state index in [-0.39, 0.29) is 11.6 Å². The summed E-state index contributed by atoms with van der Waals surface area (Å²) in [5, 5.41) is 3.02. The van der Waals surface area contributed by atoms with Gasteiger partial charge in [-0.1, -0.05) is 12.8 Å². The Morgan fingerprint density at radius 1 is 0.810 bits per heavy atom. The summed E-state index contributed by atoms with van der Waals surface area (Å²) in [6.07, 6.45) is -6.45. The molecule has 0 saturated carbocycles. The van der Waals surface area contributed by atoms with E-state index in [1.54, 1.807) is 0 Å². The molecule has 0 radical (unpaired) electrons. The van der Waals surface area contributed by atoms with Crippen molar-refractivity contribution in [2.45, 2.75) is 44.1 Å². The zero-order valence-electron chi connectivity index (χ0n) is 11.1. The van der Waals surface area contributed by atoms with Crippen LogP contribution in [0.2, 0.25) is 0 Å². The van der Waals surface area contributed by atoms with Crippen molar-refractivity contribution in [1.82, 2.24) is 5.32 Å². The van der Waals surface area contributed by atoms with Gasteiger partial charge in [-0.25, -0.2) is 0 Å². The van der Waals surface area contributed by atoms with Gasteiger partial charge in [0.15, 0.2) is 0 Å². The average molecular weight is 311 g/mol. The predicted octanol–water partition coefficient (Wildman–Crippen LogP) is 4.93. The quantitative estimate of drug-likeness (QED) is 0.725. The van der Waals surface area contributed by atoms with Crippen LogP contribution in [0.4, 0.5) is 26.3 Å². The predicted molar refractivity (Wildman–Crippen MR) is 65.7 cm³/mol. The number of nitrogens with one attached hydrogen (secondary N) is 1. The lowest BCUT2D eigenvalue weighted by atomic mass is 9.97. The molecule has 1 heterocycles. The Morgan fingerprint density at radius 2 is 1.38 bits per heavy atom. The van der Waals surface area contributed by atoms with Crippen LogP contribution in [0.15, 0.2) is 18.2 Å². The normalized spacial score (nSPS) is 21.1. The van der Waals surface area contributed by atoms with E-state index in [0.29, 0.717) is 13.0 Å². The molecular formula is C14H15F6N. The summed E-state index contributed by atoms with van der Waals surface area (Å²) in [7, 11) is 0. The molecule has 2 rings (SSSR count). The molecule has 1 aliphatic rings. The molecule has 0 spiro atoms. The Labute approximate surface area is 118 Å². The molecule has 1 aromatic rings. The summed E-state index contributed by atoms with van der Waals surface area (Å²) in [5.74, 6) is 0. The minimum atomic E-state index is -4.79. The van der Waals surface area contributed by atoms with E-state index in [1.807, 2.05) is 0 Å². The number of alkyl halides is 6. The fourth-order valence-electron chi connectivity index (χ4n) is 2.49. The average Bonchev–Trinajstić information content (AvgIpc) is 2.65. The maximum Gasteiger partial charge on any atom is 0.416 e. The summed E-state index contributed by atoms with van der Waals surface area (Å²) in [4.78, 5) is 0. The molecule has 1 aliphatic heterocycles. The van der Waals surface area contributed by atoms with Crippen molar-refractivity contribution in [2.24, 2.45) is 0 Å². The zero-order valence-corrected chi connectivity index (χ0v) is 11.1. The van der Waals surface area contributed by atoms with Gasteiger partial charge in [-0.15, -0.1) is 0 Å². The monoisotopic (exact) mass is 311 g/mol. The number of hydrogen-bond donors (Lipinski definition) is 1. The highest BCUT2D eigenvalue weighted by Crippen LogP contribution is 2.38. The second-order valence-electron chi connectivity index (χ2n) is 5.20. The van der Waals surface area contributed by atoms with E-state index in [4.69, 9.17) is 0 Å². The first-order valence-electron chi connectivity index (χ1n) is 6.71. The van der Waals surface area contributed by atoms with E-state index in [1.165, 1.54) is 0 Å². The molecule has 1 fully saturated rings.